The summed E-state index contributed by atoms with van der Waals surface area (Å²) < 4.78 is 0. The maximum atomic E-state index is 13.8. The van der Waals surface area contributed by atoms with E-state index >= 15 is 0 Å². The zero-order valence-corrected chi connectivity index (χ0v) is 28.3. The highest BCUT2D eigenvalue weighted by atomic mass is 33.1. The number of hydrogen-bond donors (Lipinski definition) is 8. The van der Waals surface area contributed by atoms with Crippen molar-refractivity contribution in [2.75, 3.05) is 18.1 Å². The number of aromatic hydroxyl groups is 1. The Hall–Kier alpha value is -4.77. The van der Waals surface area contributed by atoms with Gasteiger partial charge in [0, 0.05) is 43.7 Å². The van der Waals surface area contributed by atoms with Crippen LogP contribution in [0.5, 0.6) is 5.75 Å². The van der Waals surface area contributed by atoms with Crippen molar-refractivity contribution in [3.8, 4) is 5.75 Å². The van der Waals surface area contributed by atoms with Gasteiger partial charge in [-0.1, -0.05) is 64.1 Å². The van der Waals surface area contributed by atoms with Gasteiger partial charge in [-0.05, 0) is 29.7 Å². The molecule has 3 rings (SSSR count). The van der Waals surface area contributed by atoms with Crippen LogP contribution in [0.1, 0.15) is 36.8 Å². The number of nitrogens with one attached hydrogen (secondary N) is 5. The van der Waals surface area contributed by atoms with E-state index < -0.39 is 71.9 Å². The Labute approximate surface area is 291 Å². The van der Waals surface area contributed by atoms with Crippen LogP contribution in [0, 0.1) is 0 Å². The predicted octanol–water partition coefficient (Wildman–Crippen LogP) is -0.841. The molecule has 17 heteroatoms. The molecule has 1 heterocycles. The van der Waals surface area contributed by atoms with Crippen molar-refractivity contribution >= 4 is 62.9 Å². The van der Waals surface area contributed by atoms with Crippen LogP contribution >= 0.6 is 21.6 Å². The highest BCUT2D eigenvalue weighted by molar-refractivity contribution is 8.76. The first kappa shape index (κ1) is 38.7. The molecule has 4 atom stereocenters. The van der Waals surface area contributed by atoms with E-state index in [0.29, 0.717) is 22.6 Å². The van der Waals surface area contributed by atoms with Crippen LogP contribution < -0.4 is 38.1 Å². The monoisotopic (exact) mass is 715 g/mol. The average molecular weight is 716 g/mol. The molecule has 264 valence electrons. The van der Waals surface area contributed by atoms with Gasteiger partial charge in [-0.25, -0.2) is 0 Å². The third-order valence-corrected chi connectivity index (χ3v) is 9.68. The third-order valence-electron chi connectivity index (χ3n) is 7.27. The molecule has 1 aliphatic heterocycles. The molecule has 0 unspecified atom stereocenters. The highest BCUT2D eigenvalue weighted by Gasteiger charge is 2.32. The first-order chi connectivity index (χ1) is 23.4. The number of amides is 7. The molecule has 0 aliphatic carbocycles. The van der Waals surface area contributed by atoms with E-state index in [9.17, 15) is 38.7 Å². The van der Waals surface area contributed by atoms with Crippen LogP contribution in [0.25, 0.3) is 0 Å². The van der Waals surface area contributed by atoms with E-state index in [1.54, 1.807) is 42.5 Å². The first-order valence-electron chi connectivity index (χ1n) is 15.5. The lowest BCUT2D eigenvalue weighted by atomic mass is 10.0. The third kappa shape index (κ3) is 14.1. The number of nitrogens with two attached hydrogens (primary N) is 2. The fourth-order valence-electron chi connectivity index (χ4n) is 4.78. The first-order valence-corrected chi connectivity index (χ1v) is 18.0. The van der Waals surface area contributed by atoms with Gasteiger partial charge in [-0.2, -0.15) is 0 Å². The largest absolute Gasteiger partial charge is 0.508 e. The van der Waals surface area contributed by atoms with Gasteiger partial charge < -0.3 is 43.2 Å². The molecular weight excluding hydrogens is 675 g/mol. The molecule has 0 aromatic heterocycles. The Morgan fingerprint density at radius 2 is 1.22 bits per heavy atom. The summed E-state index contributed by atoms with van der Waals surface area (Å²) in [5, 5.41) is 22.8. The second kappa shape index (κ2) is 19.9. The van der Waals surface area contributed by atoms with Crippen LogP contribution in [0.4, 0.5) is 0 Å². The molecule has 1 aliphatic rings. The van der Waals surface area contributed by atoms with Gasteiger partial charge in [-0.3, -0.25) is 33.6 Å². The van der Waals surface area contributed by atoms with Crippen LogP contribution in [-0.4, -0.2) is 88.7 Å². The van der Waals surface area contributed by atoms with Gasteiger partial charge in [-0.15, -0.1) is 0 Å². The molecule has 7 amide bonds. The number of benzene rings is 2. The predicted molar refractivity (Wildman–Crippen MR) is 184 cm³/mol. The molecule has 49 heavy (non-hydrogen) atoms. The van der Waals surface area contributed by atoms with E-state index in [-0.39, 0.29) is 44.4 Å². The SMILES string of the molecule is NC(=O)CC[C@@H]1NC(=O)[C@H](Cc2ccccc2)NC(=O)[C@H](Cc2ccc(O)cc2)NC(=O)CCSSCCNC(=O)[C@H](CC(N)=O)NC1=O. The average Bonchev–Trinajstić information content (AvgIpc) is 3.05. The number of phenolic OH excluding ortho intramolecular Hbond substituents is 1. The van der Waals surface area contributed by atoms with Crippen molar-refractivity contribution in [1.82, 2.24) is 26.6 Å². The Kier molecular flexibility index (Phi) is 15.7. The Balaban J connectivity index is 1.96. The number of carbonyl (C=O) groups is 7. The molecule has 0 spiro atoms. The van der Waals surface area contributed by atoms with Crippen molar-refractivity contribution in [3.63, 3.8) is 0 Å². The lowest BCUT2D eigenvalue weighted by molar-refractivity contribution is -0.135. The standard InChI is InChI=1S/C32H41N7O8S2/c33-26(41)11-10-22-30(45)39-25(18-27(34)42)29(44)35-13-15-49-48-14-12-28(43)36-23(17-20-6-8-21(40)9-7-20)31(46)38-24(32(47)37-22)16-19-4-2-1-3-5-19/h1-9,22-25,40H,10-18H2,(H2,33,41)(H2,34,42)(H,35,44)(H,36,43)(H,37,47)(H,38,46)(H,39,45)/t22-,23-,24-,25-/m0/s1. The van der Waals surface area contributed by atoms with Crippen LogP contribution in [0.2, 0.25) is 0 Å². The highest BCUT2D eigenvalue weighted by Crippen LogP contribution is 2.21. The summed E-state index contributed by atoms with van der Waals surface area (Å²) in [6, 6.07) is 9.74. The zero-order chi connectivity index (χ0) is 35.8. The van der Waals surface area contributed by atoms with Crippen molar-refractivity contribution in [3.05, 3.63) is 65.7 Å². The van der Waals surface area contributed by atoms with Crippen molar-refractivity contribution in [2.45, 2.75) is 62.7 Å². The maximum Gasteiger partial charge on any atom is 0.243 e. The zero-order valence-electron chi connectivity index (χ0n) is 26.6. The molecule has 1 fully saturated rings. The lowest BCUT2D eigenvalue weighted by Crippen LogP contribution is -2.59. The summed E-state index contributed by atoms with van der Waals surface area (Å²) in [6.07, 6.45) is -0.980. The summed E-state index contributed by atoms with van der Waals surface area (Å²) >= 11 is 0. The van der Waals surface area contributed by atoms with E-state index in [1.807, 2.05) is 0 Å². The number of rotatable bonds is 9. The van der Waals surface area contributed by atoms with Gasteiger partial charge in [0.25, 0.3) is 0 Å². The van der Waals surface area contributed by atoms with Crippen LogP contribution in [0.3, 0.4) is 0 Å². The molecule has 1 saturated heterocycles. The topological polar surface area (TPSA) is 252 Å². The van der Waals surface area contributed by atoms with Gasteiger partial charge in [0.15, 0.2) is 0 Å². The Morgan fingerprint density at radius 1 is 0.673 bits per heavy atom. The molecule has 10 N–H and O–H groups in total. The van der Waals surface area contributed by atoms with Crippen LogP contribution in [-0.2, 0) is 46.4 Å². The molecule has 0 bridgehead atoms. The van der Waals surface area contributed by atoms with Crippen molar-refractivity contribution in [1.29, 1.82) is 0 Å². The second-order valence-electron chi connectivity index (χ2n) is 11.2. The molecule has 0 saturated carbocycles. The summed E-state index contributed by atoms with van der Waals surface area (Å²) in [4.78, 5) is 90.4. The van der Waals surface area contributed by atoms with Gasteiger partial charge >= 0.3 is 0 Å². The molecular formula is C32H41N7O8S2. The second-order valence-corrected chi connectivity index (χ2v) is 13.9. The maximum absolute atomic E-state index is 13.8. The van der Waals surface area contributed by atoms with E-state index in [1.165, 1.54) is 33.7 Å². The number of carbonyl (C=O) groups excluding carboxylic acids is 7. The van der Waals surface area contributed by atoms with E-state index in [0.717, 1.165) is 0 Å². The molecule has 0 radical (unpaired) electrons. The lowest BCUT2D eigenvalue weighted by Gasteiger charge is -2.26. The minimum atomic E-state index is -1.40. The minimum absolute atomic E-state index is 0.0109. The molecule has 15 nitrogen and oxygen atoms in total. The summed E-state index contributed by atoms with van der Waals surface area (Å²) in [5.74, 6) is -4.20. The summed E-state index contributed by atoms with van der Waals surface area (Å²) in [6.45, 7) is 0.172. The minimum Gasteiger partial charge on any atom is -0.508 e. The van der Waals surface area contributed by atoms with Gasteiger partial charge in [0.2, 0.25) is 41.4 Å². The summed E-state index contributed by atoms with van der Waals surface area (Å²) in [5.41, 5.74) is 12.0. The smallest absolute Gasteiger partial charge is 0.243 e. The van der Waals surface area contributed by atoms with Gasteiger partial charge in [0.1, 0.15) is 29.9 Å². The fraction of sp³-hybridized carbons (Fsp3) is 0.406. The van der Waals surface area contributed by atoms with E-state index in [2.05, 4.69) is 26.6 Å². The number of phenols is 1. The van der Waals surface area contributed by atoms with Crippen LogP contribution in [0.15, 0.2) is 54.6 Å². The number of primary amides is 2. The quantitative estimate of drug-likeness (QED) is 0.150. The fourth-order valence-corrected chi connectivity index (χ4v) is 6.67. The van der Waals surface area contributed by atoms with E-state index in [4.69, 9.17) is 11.5 Å². The van der Waals surface area contributed by atoms with Gasteiger partial charge in [0.05, 0.1) is 6.42 Å². The Bertz CT molecular complexity index is 1480. The van der Waals surface area contributed by atoms with Crippen molar-refractivity contribution in [2.24, 2.45) is 11.5 Å². The molecule has 2 aromatic carbocycles. The number of hydrogen-bond acceptors (Lipinski definition) is 10. The Morgan fingerprint density at radius 3 is 1.86 bits per heavy atom. The molecule has 2 aromatic rings. The van der Waals surface area contributed by atoms with Crippen molar-refractivity contribution < 1.29 is 38.7 Å². The summed E-state index contributed by atoms with van der Waals surface area (Å²) in [7, 11) is 2.77. The normalized spacial score (nSPS) is 22.0.